The smallest absolute Gasteiger partial charge is 0.220 e. The molecule has 0 aliphatic rings. The minimum Gasteiger partial charge on any atom is -0.355 e. The first-order valence-electron chi connectivity index (χ1n) is 6.91. The summed E-state index contributed by atoms with van der Waals surface area (Å²) in [6.45, 7) is 1.54. The van der Waals surface area contributed by atoms with Crippen LogP contribution in [0.2, 0.25) is 0 Å². The zero-order chi connectivity index (χ0) is 15.1. The molecular formula is C15H20N4OS. The van der Waals surface area contributed by atoms with E-state index in [-0.39, 0.29) is 5.91 Å². The van der Waals surface area contributed by atoms with Gasteiger partial charge in [-0.05, 0) is 32.6 Å². The topological polar surface area (TPSA) is 58.1 Å². The van der Waals surface area contributed by atoms with Gasteiger partial charge in [-0.1, -0.05) is 0 Å². The molecule has 0 saturated carbocycles. The van der Waals surface area contributed by atoms with Gasteiger partial charge in [0.05, 0.1) is 5.69 Å². The van der Waals surface area contributed by atoms with Crippen LogP contribution >= 0.6 is 11.3 Å². The summed E-state index contributed by atoms with van der Waals surface area (Å²) < 4.78 is 0. The number of rotatable bonds is 7. The third kappa shape index (κ3) is 5.24. The Morgan fingerprint density at radius 2 is 2.29 bits per heavy atom. The lowest BCUT2D eigenvalue weighted by atomic mass is 10.2. The van der Waals surface area contributed by atoms with Gasteiger partial charge in [-0.2, -0.15) is 0 Å². The molecule has 2 aromatic rings. The van der Waals surface area contributed by atoms with Crippen LogP contribution in [0.25, 0.3) is 10.6 Å². The highest BCUT2D eigenvalue weighted by atomic mass is 32.1. The van der Waals surface area contributed by atoms with Crippen molar-refractivity contribution in [2.75, 3.05) is 27.2 Å². The van der Waals surface area contributed by atoms with Crippen LogP contribution in [0.4, 0.5) is 0 Å². The van der Waals surface area contributed by atoms with Gasteiger partial charge in [0.2, 0.25) is 5.91 Å². The van der Waals surface area contributed by atoms with E-state index >= 15 is 0 Å². The SMILES string of the molecule is CN(C)CCNC(=O)CCc1csc(-c2cccnc2)n1. The van der Waals surface area contributed by atoms with Crippen molar-refractivity contribution < 1.29 is 4.79 Å². The van der Waals surface area contributed by atoms with Gasteiger partial charge in [0.1, 0.15) is 5.01 Å². The predicted molar refractivity (Wildman–Crippen MR) is 85.2 cm³/mol. The largest absolute Gasteiger partial charge is 0.355 e. The van der Waals surface area contributed by atoms with Crippen molar-refractivity contribution in [1.29, 1.82) is 0 Å². The standard InChI is InChI=1S/C15H20N4OS/c1-19(2)9-8-17-14(20)6-5-13-11-21-15(18-13)12-4-3-7-16-10-12/h3-4,7,10-11H,5-6,8-9H2,1-2H3,(H,17,20). The van der Waals surface area contributed by atoms with E-state index in [1.165, 1.54) is 0 Å². The van der Waals surface area contributed by atoms with Crippen molar-refractivity contribution in [3.63, 3.8) is 0 Å². The first-order chi connectivity index (χ1) is 10.1. The molecule has 112 valence electrons. The van der Waals surface area contributed by atoms with Crippen molar-refractivity contribution in [3.05, 3.63) is 35.6 Å². The summed E-state index contributed by atoms with van der Waals surface area (Å²) in [6.07, 6.45) is 4.70. The van der Waals surface area contributed by atoms with Gasteiger partial charge in [-0.25, -0.2) is 4.98 Å². The second kappa shape index (κ2) is 7.85. The third-order valence-electron chi connectivity index (χ3n) is 2.95. The van der Waals surface area contributed by atoms with Gasteiger partial charge in [-0.3, -0.25) is 9.78 Å². The van der Waals surface area contributed by atoms with Crippen LogP contribution in [0.5, 0.6) is 0 Å². The Morgan fingerprint density at radius 1 is 1.43 bits per heavy atom. The molecule has 0 fully saturated rings. The Balaban J connectivity index is 1.79. The molecule has 0 saturated heterocycles. The first-order valence-corrected chi connectivity index (χ1v) is 7.79. The minimum absolute atomic E-state index is 0.0766. The van der Waals surface area contributed by atoms with Crippen molar-refractivity contribution in [2.24, 2.45) is 0 Å². The molecule has 0 radical (unpaired) electrons. The van der Waals surface area contributed by atoms with E-state index in [0.29, 0.717) is 19.4 Å². The maximum atomic E-state index is 11.7. The van der Waals surface area contributed by atoms with Crippen molar-refractivity contribution in [2.45, 2.75) is 12.8 Å². The van der Waals surface area contributed by atoms with Crippen molar-refractivity contribution in [3.8, 4) is 10.6 Å². The van der Waals surface area contributed by atoms with Crippen LogP contribution in [-0.2, 0) is 11.2 Å². The van der Waals surface area contributed by atoms with Crippen LogP contribution in [-0.4, -0.2) is 48.0 Å². The Hall–Kier alpha value is -1.79. The summed E-state index contributed by atoms with van der Waals surface area (Å²) in [7, 11) is 3.98. The van der Waals surface area contributed by atoms with E-state index < -0.39 is 0 Å². The van der Waals surface area contributed by atoms with E-state index in [0.717, 1.165) is 22.8 Å². The highest BCUT2D eigenvalue weighted by molar-refractivity contribution is 7.13. The van der Waals surface area contributed by atoms with E-state index in [9.17, 15) is 4.79 Å². The van der Waals surface area contributed by atoms with Gasteiger partial charge >= 0.3 is 0 Å². The van der Waals surface area contributed by atoms with Gasteiger partial charge in [0, 0.05) is 42.8 Å². The summed E-state index contributed by atoms with van der Waals surface area (Å²) >= 11 is 1.59. The molecule has 0 spiro atoms. The fourth-order valence-electron chi connectivity index (χ4n) is 1.79. The number of aryl methyl sites for hydroxylation is 1. The highest BCUT2D eigenvalue weighted by Gasteiger charge is 2.07. The third-order valence-corrected chi connectivity index (χ3v) is 3.89. The molecule has 0 atom stereocenters. The van der Waals surface area contributed by atoms with Gasteiger partial charge in [-0.15, -0.1) is 11.3 Å². The Morgan fingerprint density at radius 3 is 3.00 bits per heavy atom. The fourth-order valence-corrected chi connectivity index (χ4v) is 2.64. The number of pyridine rings is 1. The Kier molecular flexibility index (Phi) is 5.83. The normalized spacial score (nSPS) is 10.8. The number of amides is 1. The number of hydrogen-bond donors (Lipinski definition) is 1. The number of nitrogens with zero attached hydrogens (tertiary/aromatic N) is 3. The molecule has 2 rings (SSSR count). The molecule has 6 heteroatoms. The number of carbonyl (C=O) groups is 1. The average Bonchev–Trinajstić information content (AvgIpc) is 2.94. The summed E-state index contributed by atoms with van der Waals surface area (Å²) in [6, 6.07) is 3.89. The van der Waals surface area contributed by atoms with Crippen molar-refractivity contribution in [1.82, 2.24) is 20.2 Å². The average molecular weight is 304 g/mol. The maximum Gasteiger partial charge on any atom is 0.220 e. The molecule has 0 unspecified atom stereocenters. The van der Waals surface area contributed by atoms with Gasteiger partial charge < -0.3 is 10.2 Å². The van der Waals surface area contributed by atoms with E-state index in [2.05, 4.69) is 15.3 Å². The van der Waals surface area contributed by atoms with Crippen LogP contribution in [0, 0.1) is 0 Å². The quantitative estimate of drug-likeness (QED) is 0.847. The van der Waals surface area contributed by atoms with Crippen LogP contribution < -0.4 is 5.32 Å². The molecule has 1 N–H and O–H groups in total. The first kappa shape index (κ1) is 15.6. The van der Waals surface area contributed by atoms with E-state index in [1.54, 1.807) is 23.7 Å². The van der Waals surface area contributed by atoms with Crippen molar-refractivity contribution >= 4 is 17.2 Å². The number of carbonyl (C=O) groups excluding carboxylic acids is 1. The maximum absolute atomic E-state index is 11.7. The van der Waals surface area contributed by atoms with Crippen LogP contribution in [0.15, 0.2) is 29.9 Å². The number of aromatic nitrogens is 2. The molecule has 0 aromatic carbocycles. The van der Waals surface area contributed by atoms with Crippen LogP contribution in [0.3, 0.4) is 0 Å². The Bertz CT molecular complexity index is 568. The molecule has 0 aliphatic heterocycles. The zero-order valence-corrected chi connectivity index (χ0v) is 13.2. The summed E-state index contributed by atoms with van der Waals surface area (Å²) in [5, 5.41) is 5.87. The molecule has 0 aliphatic carbocycles. The second-order valence-corrected chi connectivity index (χ2v) is 5.90. The minimum atomic E-state index is 0.0766. The monoisotopic (exact) mass is 304 g/mol. The summed E-state index contributed by atoms with van der Waals surface area (Å²) in [4.78, 5) is 22.4. The number of nitrogens with one attached hydrogen (secondary N) is 1. The molecule has 21 heavy (non-hydrogen) atoms. The van der Waals surface area contributed by atoms with Gasteiger partial charge in [0.15, 0.2) is 0 Å². The van der Waals surface area contributed by atoms with E-state index in [1.807, 2.05) is 36.5 Å². The Labute approximate surface area is 129 Å². The van der Waals surface area contributed by atoms with Crippen LogP contribution in [0.1, 0.15) is 12.1 Å². The van der Waals surface area contributed by atoms with Gasteiger partial charge in [0.25, 0.3) is 0 Å². The summed E-state index contributed by atoms with van der Waals surface area (Å²) in [5.41, 5.74) is 1.98. The lowest BCUT2D eigenvalue weighted by Gasteiger charge is -2.09. The number of likely N-dealkylation sites (N-methyl/N-ethyl adjacent to an activating group) is 1. The molecule has 0 bridgehead atoms. The second-order valence-electron chi connectivity index (χ2n) is 5.04. The highest BCUT2D eigenvalue weighted by Crippen LogP contribution is 2.23. The zero-order valence-electron chi connectivity index (χ0n) is 12.4. The number of thiazole rings is 1. The number of hydrogen-bond acceptors (Lipinski definition) is 5. The lowest BCUT2D eigenvalue weighted by molar-refractivity contribution is -0.121. The molecule has 2 aromatic heterocycles. The molecular weight excluding hydrogens is 284 g/mol. The summed E-state index contributed by atoms with van der Waals surface area (Å²) in [5.74, 6) is 0.0766. The molecule has 2 heterocycles. The fraction of sp³-hybridized carbons (Fsp3) is 0.400. The molecule has 5 nitrogen and oxygen atoms in total. The van der Waals surface area contributed by atoms with E-state index in [4.69, 9.17) is 0 Å². The molecule has 1 amide bonds. The lowest BCUT2D eigenvalue weighted by Crippen LogP contribution is -2.31. The predicted octanol–water partition coefficient (Wildman–Crippen LogP) is 1.82.